The third-order valence-corrected chi connectivity index (χ3v) is 4.12. The van der Waals surface area contributed by atoms with Gasteiger partial charge in [-0.2, -0.15) is 0 Å². The van der Waals surface area contributed by atoms with Crippen molar-refractivity contribution in [3.8, 4) is 0 Å². The van der Waals surface area contributed by atoms with Crippen LogP contribution in [0.15, 0.2) is 48.7 Å². The Labute approximate surface area is 151 Å². The number of pyridine rings is 1. The molecule has 1 aromatic heterocycles. The molecule has 0 saturated heterocycles. The molecule has 1 heterocycles. The van der Waals surface area contributed by atoms with E-state index in [4.69, 9.17) is 0 Å². The van der Waals surface area contributed by atoms with E-state index in [2.05, 4.69) is 24.1 Å². The zero-order valence-corrected chi connectivity index (χ0v) is 15.7. The van der Waals surface area contributed by atoms with Gasteiger partial charge in [0.2, 0.25) is 0 Å². The van der Waals surface area contributed by atoms with Gasteiger partial charge in [-0.25, -0.2) is 4.98 Å². The molecule has 0 radical (unpaired) electrons. The number of hydrogen-bond acceptors (Lipinski definition) is 3. The summed E-state index contributed by atoms with van der Waals surface area (Å²) in [5.41, 5.74) is 1.75. The number of hydrogen-bond donors (Lipinski definition) is 1. The second-order valence-corrected chi connectivity index (χ2v) is 7.05. The summed E-state index contributed by atoms with van der Waals surface area (Å²) in [6.07, 6.45) is 2.76. The third-order valence-electron chi connectivity index (χ3n) is 4.12. The predicted molar refractivity (Wildman–Crippen MR) is 104 cm³/mol. The Hall–Kier alpha value is -2.36. The van der Waals surface area contributed by atoms with Crippen LogP contribution in [0.3, 0.4) is 0 Å². The van der Waals surface area contributed by atoms with Gasteiger partial charge in [0.05, 0.1) is 5.56 Å². The van der Waals surface area contributed by atoms with Gasteiger partial charge in [-0.15, -0.1) is 0 Å². The van der Waals surface area contributed by atoms with Gasteiger partial charge in [0.25, 0.3) is 5.91 Å². The normalized spacial score (nSPS) is 11.0. The fourth-order valence-electron chi connectivity index (χ4n) is 2.55. The fraction of sp³-hybridized carbons (Fsp3) is 0.429. The van der Waals surface area contributed by atoms with Gasteiger partial charge in [-0.1, -0.05) is 44.2 Å². The summed E-state index contributed by atoms with van der Waals surface area (Å²) in [6.45, 7) is 9.97. The second-order valence-electron chi connectivity index (χ2n) is 7.05. The van der Waals surface area contributed by atoms with Gasteiger partial charge in [-0.05, 0) is 43.9 Å². The largest absolute Gasteiger partial charge is 0.370 e. The van der Waals surface area contributed by atoms with E-state index in [9.17, 15) is 4.79 Å². The van der Waals surface area contributed by atoms with Gasteiger partial charge in [0, 0.05) is 25.3 Å². The van der Waals surface area contributed by atoms with E-state index < -0.39 is 0 Å². The Balaban J connectivity index is 2.03. The van der Waals surface area contributed by atoms with Gasteiger partial charge in [-0.3, -0.25) is 4.79 Å². The van der Waals surface area contributed by atoms with Crippen LogP contribution < -0.4 is 5.32 Å². The quantitative estimate of drug-likeness (QED) is 0.765. The zero-order chi connectivity index (χ0) is 18.2. The molecule has 0 saturated carbocycles. The van der Waals surface area contributed by atoms with E-state index >= 15 is 0 Å². The van der Waals surface area contributed by atoms with Crippen LogP contribution in [-0.4, -0.2) is 28.4 Å². The van der Waals surface area contributed by atoms with Gasteiger partial charge < -0.3 is 10.2 Å². The molecule has 0 bridgehead atoms. The van der Waals surface area contributed by atoms with E-state index in [1.54, 1.807) is 6.20 Å². The molecule has 0 aliphatic carbocycles. The SMILES string of the molecule is CC(C)CCNc1ccc(C(=O)N(Cc2ccccc2)C(C)C)cn1. The highest BCUT2D eigenvalue weighted by Crippen LogP contribution is 2.14. The Kier molecular flexibility index (Phi) is 6.99. The Morgan fingerprint density at radius 3 is 2.36 bits per heavy atom. The molecule has 1 amide bonds. The summed E-state index contributed by atoms with van der Waals surface area (Å²) >= 11 is 0. The molecule has 0 aliphatic heterocycles. The molecule has 0 spiro atoms. The highest BCUT2D eigenvalue weighted by Gasteiger charge is 2.19. The molecule has 4 heteroatoms. The molecule has 0 aliphatic rings. The van der Waals surface area contributed by atoms with Crippen LogP contribution in [0.1, 0.15) is 50.0 Å². The second kappa shape index (κ2) is 9.21. The molecule has 2 aromatic rings. The molecule has 4 nitrogen and oxygen atoms in total. The Bertz CT molecular complexity index is 651. The molecular formula is C21H29N3O. The highest BCUT2D eigenvalue weighted by atomic mass is 16.2. The minimum Gasteiger partial charge on any atom is -0.370 e. The topological polar surface area (TPSA) is 45.2 Å². The van der Waals surface area contributed by atoms with Crippen LogP contribution in [0.4, 0.5) is 5.82 Å². The molecular weight excluding hydrogens is 310 g/mol. The van der Waals surface area contributed by atoms with Crippen molar-refractivity contribution in [3.63, 3.8) is 0 Å². The number of anilines is 1. The van der Waals surface area contributed by atoms with Gasteiger partial charge in [0.1, 0.15) is 5.82 Å². The third kappa shape index (κ3) is 5.89. The zero-order valence-electron chi connectivity index (χ0n) is 15.7. The minimum absolute atomic E-state index is 0.0140. The first-order chi connectivity index (χ1) is 12.0. The molecule has 2 rings (SSSR count). The lowest BCUT2D eigenvalue weighted by molar-refractivity contribution is 0.0690. The molecule has 134 valence electrons. The monoisotopic (exact) mass is 339 g/mol. The van der Waals surface area contributed by atoms with Crippen molar-refractivity contribution in [3.05, 3.63) is 59.8 Å². The van der Waals surface area contributed by atoms with E-state index in [1.807, 2.05) is 61.2 Å². The fourth-order valence-corrected chi connectivity index (χ4v) is 2.55. The summed E-state index contributed by atoms with van der Waals surface area (Å²) in [5.74, 6) is 1.49. The molecule has 0 fully saturated rings. The molecule has 0 atom stereocenters. The lowest BCUT2D eigenvalue weighted by Gasteiger charge is -2.27. The molecule has 1 N–H and O–H groups in total. The van der Waals surface area contributed by atoms with Crippen LogP contribution in [0.2, 0.25) is 0 Å². The number of nitrogens with one attached hydrogen (secondary N) is 1. The lowest BCUT2D eigenvalue weighted by atomic mass is 10.1. The van der Waals surface area contributed by atoms with Crippen molar-refractivity contribution in [1.82, 2.24) is 9.88 Å². The highest BCUT2D eigenvalue weighted by molar-refractivity contribution is 5.94. The van der Waals surface area contributed by atoms with E-state index in [0.717, 1.165) is 24.3 Å². The maximum absolute atomic E-state index is 12.9. The number of aromatic nitrogens is 1. The average molecular weight is 339 g/mol. The Morgan fingerprint density at radius 2 is 1.80 bits per heavy atom. The predicted octanol–water partition coefficient (Wildman–Crippen LogP) is 4.59. The number of carbonyl (C=O) groups excluding carboxylic acids is 1. The van der Waals surface area contributed by atoms with E-state index in [0.29, 0.717) is 18.0 Å². The summed E-state index contributed by atoms with van der Waals surface area (Å²) in [5, 5.41) is 3.30. The van der Waals surface area contributed by atoms with E-state index in [1.165, 1.54) is 0 Å². The summed E-state index contributed by atoms with van der Waals surface area (Å²) in [4.78, 5) is 19.1. The van der Waals surface area contributed by atoms with Crippen molar-refractivity contribution in [2.75, 3.05) is 11.9 Å². The van der Waals surface area contributed by atoms with Gasteiger partial charge >= 0.3 is 0 Å². The number of amides is 1. The molecule has 0 unspecified atom stereocenters. The van der Waals surface area contributed by atoms with Crippen molar-refractivity contribution in [2.45, 2.75) is 46.7 Å². The van der Waals surface area contributed by atoms with E-state index in [-0.39, 0.29) is 11.9 Å². The van der Waals surface area contributed by atoms with Crippen LogP contribution in [0.25, 0.3) is 0 Å². The summed E-state index contributed by atoms with van der Waals surface area (Å²) < 4.78 is 0. The minimum atomic E-state index is 0.0140. The molecule has 1 aromatic carbocycles. The smallest absolute Gasteiger partial charge is 0.255 e. The van der Waals surface area contributed by atoms with Crippen molar-refractivity contribution in [2.24, 2.45) is 5.92 Å². The maximum atomic E-state index is 12.9. The first-order valence-corrected chi connectivity index (χ1v) is 9.02. The van der Waals surface area contributed by atoms with Crippen molar-refractivity contribution >= 4 is 11.7 Å². The number of rotatable bonds is 8. The first kappa shape index (κ1) is 19.0. The standard InChI is InChI=1S/C21H29N3O/c1-16(2)12-13-22-20-11-10-19(14-23-20)21(25)24(17(3)4)15-18-8-6-5-7-9-18/h5-11,14,16-17H,12-13,15H2,1-4H3,(H,22,23). The summed E-state index contributed by atoms with van der Waals surface area (Å²) in [7, 11) is 0. The number of benzene rings is 1. The first-order valence-electron chi connectivity index (χ1n) is 9.02. The van der Waals surface area contributed by atoms with Crippen LogP contribution in [0.5, 0.6) is 0 Å². The number of nitrogens with zero attached hydrogens (tertiary/aromatic N) is 2. The van der Waals surface area contributed by atoms with Crippen molar-refractivity contribution < 1.29 is 4.79 Å². The van der Waals surface area contributed by atoms with Crippen LogP contribution in [0, 0.1) is 5.92 Å². The van der Waals surface area contributed by atoms with Crippen LogP contribution in [-0.2, 0) is 6.54 Å². The average Bonchev–Trinajstić information content (AvgIpc) is 2.60. The molecule has 25 heavy (non-hydrogen) atoms. The van der Waals surface area contributed by atoms with Crippen LogP contribution >= 0.6 is 0 Å². The maximum Gasteiger partial charge on any atom is 0.255 e. The van der Waals surface area contributed by atoms with Gasteiger partial charge in [0.15, 0.2) is 0 Å². The Morgan fingerprint density at radius 1 is 1.08 bits per heavy atom. The lowest BCUT2D eigenvalue weighted by Crippen LogP contribution is -2.36. The van der Waals surface area contributed by atoms with Crippen molar-refractivity contribution in [1.29, 1.82) is 0 Å². The summed E-state index contributed by atoms with van der Waals surface area (Å²) in [6, 6.07) is 13.9. The number of carbonyl (C=O) groups is 1.